The van der Waals surface area contributed by atoms with E-state index in [0.717, 1.165) is 5.56 Å². The second-order valence-corrected chi connectivity index (χ2v) is 6.71. The van der Waals surface area contributed by atoms with Crippen LogP contribution in [0.25, 0.3) is 0 Å². The predicted octanol–water partition coefficient (Wildman–Crippen LogP) is 1.77. The van der Waals surface area contributed by atoms with Crippen molar-refractivity contribution in [3.8, 4) is 0 Å². The van der Waals surface area contributed by atoms with Gasteiger partial charge in [0.05, 0.1) is 18.4 Å². The van der Waals surface area contributed by atoms with E-state index >= 15 is 0 Å². The van der Waals surface area contributed by atoms with E-state index in [1.165, 1.54) is 7.11 Å². The number of alkyl halides is 1. The summed E-state index contributed by atoms with van der Waals surface area (Å²) in [5.74, 6) is -0.227. The van der Waals surface area contributed by atoms with Crippen LogP contribution in [0.3, 0.4) is 0 Å². The lowest BCUT2D eigenvalue weighted by Gasteiger charge is -2.10. The summed E-state index contributed by atoms with van der Waals surface area (Å²) in [6, 6.07) is 6.55. The number of carbonyl (C=O) groups is 1. The van der Waals surface area contributed by atoms with E-state index in [9.17, 15) is 13.2 Å². The zero-order valence-electron chi connectivity index (χ0n) is 11.4. The second kappa shape index (κ2) is 7.61. The van der Waals surface area contributed by atoms with E-state index in [0.29, 0.717) is 11.4 Å². The number of esters is 1. The SMILES string of the molecule is COC(=O)c1ccc(CNS(=O)(=O)CC(C)CCl)cc1. The van der Waals surface area contributed by atoms with Gasteiger partial charge in [0.15, 0.2) is 0 Å². The number of hydrogen-bond acceptors (Lipinski definition) is 4. The Hall–Kier alpha value is -1.11. The van der Waals surface area contributed by atoms with Gasteiger partial charge in [-0.1, -0.05) is 19.1 Å². The number of hydrogen-bond donors (Lipinski definition) is 1. The number of ether oxygens (including phenoxy) is 1. The highest BCUT2D eigenvalue weighted by Gasteiger charge is 2.14. The zero-order valence-corrected chi connectivity index (χ0v) is 13.0. The van der Waals surface area contributed by atoms with E-state index < -0.39 is 16.0 Å². The van der Waals surface area contributed by atoms with Crippen LogP contribution < -0.4 is 4.72 Å². The lowest BCUT2D eigenvalue weighted by atomic mass is 10.1. The van der Waals surface area contributed by atoms with E-state index in [2.05, 4.69) is 9.46 Å². The Morgan fingerprint density at radius 2 is 1.95 bits per heavy atom. The van der Waals surface area contributed by atoms with Crippen LogP contribution in [0.5, 0.6) is 0 Å². The number of carbonyl (C=O) groups excluding carboxylic acids is 1. The number of nitrogens with one attached hydrogen (secondary N) is 1. The van der Waals surface area contributed by atoms with Crippen molar-refractivity contribution >= 4 is 27.6 Å². The summed E-state index contributed by atoms with van der Waals surface area (Å²) in [6.45, 7) is 1.95. The molecule has 0 amide bonds. The molecule has 112 valence electrons. The molecule has 0 spiro atoms. The van der Waals surface area contributed by atoms with Crippen LogP contribution in [0.4, 0.5) is 0 Å². The molecule has 1 aromatic carbocycles. The summed E-state index contributed by atoms with van der Waals surface area (Å²) in [6.07, 6.45) is 0. The maximum absolute atomic E-state index is 11.8. The normalized spacial score (nSPS) is 12.9. The van der Waals surface area contributed by atoms with Crippen LogP contribution in [0, 0.1) is 5.92 Å². The third kappa shape index (κ3) is 5.48. The minimum atomic E-state index is -3.35. The topological polar surface area (TPSA) is 72.5 Å². The zero-order chi connectivity index (χ0) is 15.2. The molecule has 1 N–H and O–H groups in total. The Kier molecular flexibility index (Phi) is 6.45. The fourth-order valence-electron chi connectivity index (χ4n) is 1.55. The summed E-state index contributed by atoms with van der Waals surface area (Å²) in [5, 5.41) is 0. The smallest absolute Gasteiger partial charge is 0.337 e. The fourth-order valence-corrected chi connectivity index (χ4v) is 3.16. The molecule has 0 aliphatic rings. The Morgan fingerprint density at radius 3 is 2.45 bits per heavy atom. The Bertz CT molecular complexity index is 542. The minimum Gasteiger partial charge on any atom is -0.465 e. The van der Waals surface area contributed by atoms with Crippen LogP contribution in [0.15, 0.2) is 24.3 Å². The first-order valence-electron chi connectivity index (χ1n) is 6.08. The molecular formula is C13H18ClNO4S. The molecule has 0 heterocycles. The molecule has 0 fully saturated rings. The highest BCUT2D eigenvalue weighted by Crippen LogP contribution is 2.07. The first kappa shape index (κ1) is 16.9. The van der Waals surface area contributed by atoms with Crippen LogP contribution in [-0.2, 0) is 21.3 Å². The summed E-state index contributed by atoms with van der Waals surface area (Å²) < 4.78 is 30.6. The van der Waals surface area contributed by atoms with Gasteiger partial charge in [-0.05, 0) is 23.6 Å². The van der Waals surface area contributed by atoms with Gasteiger partial charge >= 0.3 is 5.97 Å². The van der Waals surface area contributed by atoms with Gasteiger partial charge in [0.1, 0.15) is 0 Å². The third-order valence-electron chi connectivity index (χ3n) is 2.64. The predicted molar refractivity (Wildman–Crippen MR) is 78.3 cm³/mol. The van der Waals surface area contributed by atoms with Gasteiger partial charge in [0.2, 0.25) is 10.0 Å². The lowest BCUT2D eigenvalue weighted by molar-refractivity contribution is 0.0600. The molecule has 0 aromatic heterocycles. The molecule has 0 aliphatic carbocycles. The second-order valence-electron chi connectivity index (χ2n) is 4.55. The van der Waals surface area contributed by atoms with Crippen molar-refractivity contribution in [2.45, 2.75) is 13.5 Å². The average molecular weight is 320 g/mol. The molecular weight excluding hydrogens is 302 g/mol. The van der Waals surface area contributed by atoms with E-state index in [-0.39, 0.29) is 18.2 Å². The average Bonchev–Trinajstić information content (AvgIpc) is 2.44. The quantitative estimate of drug-likeness (QED) is 0.614. The third-order valence-corrected chi connectivity index (χ3v) is 4.76. The van der Waals surface area contributed by atoms with E-state index in [1.807, 2.05) is 0 Å². The molecule has 1 atom stereocenters. The van der Waals surface area contributed by atoms with Crippen LogP contribution in [0.1, 0.15) is 22.8 Å². The molecule has 20 heavy (non-hydrogen) atoms. The molecule has 1 unspecified atom stereocenters. The number of benzene rings is 1. The van der Waals surface area contributed by atoms with Gasteiger partial charge in [0, 0.05) is 12.4 Å². The maximum atomic E-state index is 11.8. The summed E-state index contributed by atoms with van der Waals surface area (Å²) in [7, 11) is -2.04. The molecule has 1 rings (SSSR count). The molecule has 0 aliphatic heterocycles. The van der Waals surface area contributed by atoms with Crippen molar-refractivity contribution in [3.63, 3.8) is 0 Å². The molecule has 0 saturated carbocycles. The maximum Gasteiger partial charge on any atom is 0.337 e. The fraction of sp³-hybridized carbons (Fsp3) is 0.462. The summed E-state index contributed by atoms with van der Waals surface area (Å²) in [5.41, 5.74) is 1.19. The van der Waals surface area contributed by atoms with Crippen LogP contribution >= 0.6 is 11.6 Å². The molecule has 7 heteroatoms. The van der Waals surface area contributed by atoms with E-state index in [1.54, 1.807) is 31.2 Å². The van der Waals surface area contributed by atoms with Crippen molar-refractivity contribution < 1.29 is 17.9 Å². The molecule has 0 bridgehead atoms. The Labute approximate surface area is 124 Å². The number of sulfonamides is 1. The van der Waals surface area contributed by atoms with E-state index in [4.69, 9.17) is 11.6 Å². The Balaban J connectivity index is 2.60. The highest BCUT2D eigenvalue weighted by atomic mass is 35.5. The lowest BCUT2D eigenvalue weighted by Crippen LogP contribution is -2.29. The number of methoxy groups -OCH3 is 1. The highest BCUT2D eigenvalue weighted by molar-refractivity contribution is 7.89. The molecule has 1 aromatic rings. The standard InChI is InChI=1S/C13H18ClNO4S/c1-10(7-14)9-20(17,18)15-8-11-3-5-12(6-4-11)13(16)19-2/h3-6,10,15H,7-9H2,1-2H3. The van der Waals surface area contributed by atoms with Crippen LogP contribution in [0.2, 0.25) is 0 Å². The first-order chi connectivity index (χ1) is 9.38. The molecule has 0 saturated heterocycles. The Morgan fingerprint density at radius 1 is 1.35 bits per heavy atom. The van der Waals surface area contributed by atoms with Gasteiger partial charge in [-0.3, -0.25) is 0 Å². The monoisotopic (exact) mass is 319 g/mol. The number of rotatable bonds is 7. The summed E-state index contributed by atoms with van der Waals surface area (Å²) in [4.78, 5) is 11.2. The summed E-state index contributed by atoms with van der Waals surface area (Å²) >= 11 is 5.60. The number of halogens is 1. The van der Waals surface area contributed by atoms with Crippen molar-refractivity contribution in [1.82, 2.24) is 4.72 Å². The first-order valence-corrected chi connectivity index (χ1v) is 8.27. The molecule has 5 nitrogen and oxygen atoms in total. The molecule has 0 radical (unpaired) electrons. The van der Waals surface area contributed by atoms with Gasteiger partial charge in [0.25, 0.3) is 0 Å². The van der Waals surface area contributed by atoms with Gasteiger partial charge < -0.3 is 4.74 Å². The van der Waals surface area contributed by atoms with Gasteiger partial charge in [-0.15, -0.1) is 11.6 Å². The van der Waals surface area contributed by atoms with Crippen molar-refractivity contribution in [2.24, 2.45) is 5.92 Å². The largest absolute Gasteiger partial charge is 0.465 e. The van der Waals surface area contributed by atoms with Crippen LogP contribution in [-0.4, -0.2) is 33.1 Å². The van der Waals surface area contributed by atoms with Crippen molar-refractivity contribution in [1.29, 1.82) is 0 Å². The van der Waals surface area contributed by atoms with Gasteiger partial charge in [-0.25, -0.2) is 17.9 Å². The van der Waals surface area contributed by atoms with Crippen molar-refractivity contribution in [3.05, 3.63) is 35.4 Å². The van der Waals surface area contributed by atoms with Crippen molar-refractivity contribution in [2.75, 3.05) is 18.7 Å². The minimum absolute atomic E-state index is 0.00323. The van der Waals surface area contributed by atoms with Gasteiger partial charge in [-0.2, -0.15) is 0 Å².